The third kappa shape index (κ3) is 6.57. The Bertz CT molecular complexity index is 884. The SMILES string of the molecule is C=CCC1CCCCCc2c(OC)cc(Br)nc2CCCCCCc2c(OC)ccnc21. The van der Waals surface area contributed by atoms with Crippen LogP contribution in [0.2, 0.25) is 0 Å². The van der Waals surface area contributed by atoms with E-state index in [9.17, 15) is 0 Å². The van der Waals surface area contributed by atoms with Gasteiger partial charge in [-0.05, 0) is 73.4 Å². The Morgan fingerprint density at radius 2 is 1.66 bits per heavy atom. The van der Waals surface area contributed by atoms with Crippen molar-refractivity contribution in [1.29, 1.82) is 0 Å². The summed E-state index contributed by atoms with van der Waals surface area (Å²) < 4.78 is 12.3. The highest BCUT2D eigenvalue weighted by Gasteiger charge is 2.19. The molecule has 0 fully saturated rings. The molecule has 1 unspecified atom stereocenters. The second-order valence-electron chi connectivity index (χ2n) is 8.68. The molecular formula is C27H37BrN2O2. The Kier molecular flexibility index (Phi) is 10.0. The van der Waals surface area contributed by atoms with Gasteiger partial charge in [0.05, 0.1) is 19.9 Å². The zero-order chi connectivity index (χ0) is 22.8. The summed E-state index contributed by atoms with van der Waals surface area (Å²) in [6.07, 6.45) is 17.3. The summed E-state index contributed by atoms with van der Waals surface area (Å²) in [6.45, 7) is 4.02. The standard InChI is InChI=1S/C27H37BrN2O2/c1-4-12-20-13-8-7-10-14-21-23(30-26(28)19-25(21)32-3)16-11-6-5-9-15-22-24(31-2)17-18-29-27(20)22/h4,17-20H,1,5-16H2,2-3H3. The molecule has 174 valence electrons. The first-order chi connectivity index (χ1) is 15.7. The molecule has 0 N–H and O–H groups in total. The van der Waals surface area contributed by atoms with E-state index in [1.165, 1.54) is 48.2 Å². The average molecular weight is 502 g/mol. The van der Waals surface area contributed by atoms with Crippen LogP contribution in [-0.4, -0.2) is 24.2 Å². The van der Waals surface area contributed by atoms with E-state index in [4.69, 9.17) is 19.4 Å². The van der Waals surface area contributed by atoms with Gasteiger partial charge in [0.2, 0.25) is 0 Å². The number of fused-ring (bicyclic) bond motifs is 2. The number of nitrogens with zero attached hydrogens (tertiary/aromatic N) is 2. The molecule has 5 heteroatoms. The van der Waals surface area contributed by atoms with Gasteiger partial charge >= 0.3 is 0 Å². The Hall–Kier alpha value is -1.88. The highest BCUT2D eigenvalue weighted by molar-refractivity contribution is 9.10. The van der Waals surface area contributed by atoms with Gasteiger partial charge in [-0.15, -0.1) is 6.58 Å². The Labute approximate surface area is 202 Å². The minimum Gasteiger partial charge on any atom is -0.496 e. The van der Waals surface area contributed by atoms with Gasteiger partial charge in [-0.25, -0.2) is 4.98 Å². The number of rotatable bonds is 4. The Balaban J connectivity index is 1.81. The molecule has 0 radical (unpaired) electrons. The maximum atomic E-state index is 5.73. The van der Waals surface area contributed by atoms with Crippen molar-refractivity contribution in [2.24, 2.45) is 0 Å². The molecule has 2 heterocycles. The zero-order valence-electron chi connectivity index (χ0n) is 19.7. The molecule has 4 nitrogen and oxygen atoms in total. The quantitative estimate of drug-likeness (QED) is 0.324. The van der Waals surface area contributed by atoms with Crippen LogP contribution in [0.25, 0.3) is 0 Å². The maximum Gasteiger partial charge on any atom is 0.126 e. The van der Waals surface area contributed by atoms with E-state index in [2.05, 4.69) is 22.5 Å². The van der Waals surface area contributed by atoms with Crippen LogP contribution in [0, 0.1) is 0 Å². The van der Waals surface area contributed by atoms with Crippen molar-refractivity contribution in [3.8, 4) is 11.5 Å². The van der Waals surface area contributed by atoms with E-state index in [1.807, 2.05) is 24.4 Å². The van der Waals surface area contributed by atoms with E-state index in [0.29, 0.717) is 5.92 Å². The molecule has 0 aliphatic heterocycles. The third-order valence-corrected chi connectivity index (χ3v) is 6.94. The first kappa shape index (κ1) is 24.8. The second-order valence-corrected chi connectivity index (χ2v) is 9.50. The van der Waals surface area contributed by atoms with Crippen LogP contribution < -0.4 is 9.47 Å². The monoisotopic (exact) mass is 500 g/mol. The lowest BCUT2D eigenvalue weighted by molar-refractivity contribution is 0.404. The Morgan fingerprint density at radius 3 is 2.38 bits per heavy atom. The summed E-state index contributed by atoms with van der Waals surface area (Å²) in [5.74, 6) is 2.36. The number of aryl methyl sites for hydroxylation is 1. The minimum absolute atomic E-state index is 0.407. The summed E-state index contributed by atoms with van der Waals surface area (Å²) in [5.41, 5.74) is 5.01. The lowest BCUT2D eigenvalue weighted by Crippen LogP contribution is -2.08. The van der Waals surface area contributed by atoms with Crippen LogP contribution in [0.15, 0.2) is 35.6 Å². The van der Waals surface area contributed by atoms with E-state index in [1.54, 1.807) is 14.2 Å². The van der Waals surface area contributed by atoms with Crippen LogP contribution >= 0.6 is 15.9 Å². The fourth-order valence-electron chi connectivity index (χ4n) is 4.89. The molecule has 3 rings (SSSR count). The summed E-state index contributed by atoms with van der Waals surface area (Å²) in [5, 5.41) is 0. The molecule has 1 aliphatic rings. The number of hydrogen-bond acceptors (Lipinski definition) is 4. The van der Waals surface area contributed by atoms with Gasteiger partial charge in [0.25, 0.3) is 0 Å². The number of hydrogen-bond donors (Lipinski definition) is 0. The number of methoxy groups -OCH3 is 2. The topological polar surface area (TPSA) is 44.2 Å². The summed E-state index contributed by atoms with van der Waals surface area (Å²) in [4.78, 5) is 9.65. The number of pyridine rings is 2. The molecule has 0 bridgehead atoms. The van der Waals surface area contributed by atoms with Gasteiger partial charge < -0.3 is 9.47 Å². The average Bonchev–Trinajstić information content (AvgIpc) is 2.80. The molecule has 2 aromatic heterocycles. The van der Waals surface area contributed by atoms with Gasteiger partial charge in [-0.3, -0.25) is 4.98 Å². The third-order valence-electron chi connectivity index (χ3n) is 6.53. The fraction of sp³-hybridized carbons (Fsp3) is 0.556. The lowest BCUT2D eigenvalue weighted by atomic mass is 9.88. The van der Waals surface area contributed by atoms with Crippen molar-refractivity contribution < 1.29 is 9.47 Å². The van der Waals surface area contributed by atoms with E-state index in [-0.39, 0.29) is 0 Å². The lowest BCUT2D eigenvalue weighted by Gasteiger charge is -2.21. The van der Waals surface area contributed by atoms with Gasteiger partial charge in [-0.2, -0.15) is 0 Å². The van der Waals surface area contributed by atoms with Crippen molar-refractivity contribution in [2.45, 2.75) is 83.0 Å². The number of allylic oxidation sites excluding steroid dienone is 1. The summed E-state index contributed by atoms with van der Waals surface area (Å²) >= 11 is 3.57. The van der Waals surface area contributed by atoms with E-state index < -0.39 is 0 Å². The van der Waals surface area contributed by atoms with Crippen molar-refractivity contribution in [1.82, 2.24) is 9.97 Å². The largest absolute Gasteiger partial charge is 0.496 e. The smallest absolute Gasteiger partial charge is 0.126 e. The molecule has 0 spiro atoms. The van der Waals surface area contributed by atoms with Crippen LogP contribution in [0.5, 0.6) is 11.5 Å². The zero-order valence-corrected chi connectivity index (χ0v) is 21.3. The highest BCUT2D eigenvalue weighted by Crippen LogP contribution is 2.34. The van der Waals surface area contributed by atoms with Gasteiger partial charge in [-0.1, -0.05) is 31.8 Å². The number of aromatic nitrogens is 2. The van der Waals surface area contributed by atoms with Crippen molar-refractivity contribution in [2.75, 3.05) is 14.2 Å². The minimum atomic E-state index is 0.407. The van der Waals surface area contributed by atoms with Crippen LogP contribution in [-0.2, 0) is 19.3 Å². The van der Waals surface area contributed by atoms with E-state index in [0.717, 1.165) is 67.5 Å². The summed E-state index contributed by atoms with van der Waals surface area (Å²) in [6, 6.07) is 4.02. The number of halogens is 1. The molecule has 0 saturated heterocycles. The predicted molar refractivity (Wildman–Crippen MR) is 135 cm³/mol. The highest BCUT2D eigenvalue weighted by atomic mass is 79.9. The van der Waals surface area contributed by atoms with Gasteiger partial charge in [0.1, 0.15) is 16.1 Å². The summed E-state index contributed by atoms with van der Waals surface area (Å²) in [7, 11) is 3.54. The second kappa shape index (κ2) is 13.0. The first-order valence-electron chi connectivity index (χ1n) is 12.0. The molecule has 1 aliphatic carbocycles. The Morgan fingerprint density at radius 1 is 0.969 bits per heavy atom. The molecule has 0 aromatic carbocycles. The molecule has 32 heavy (non-hydrogen) atoms. The van der Waals surface area contributed by atoms with Crippen LogP contribution in [0.1, 0.15) is 86.2 Å². The molecular weight excluding hydrogens is 464 g/mol. The van der Waals surface area contributed by atoms with Crippen molar-refractivity contribution in [3.05, 3.63) is 58.1 Å². The van der Waals surface area contributed by atoms with Crippen molar-refractivity contribution >= 4 is 15.9 Å². The number of ether oxygens (including phenoxy) is 2. The van der Waals surface area contributed by atoms with Gasteiger partial charge in [0.15, 0.2) is 0 Å². The molecule has 1 atom stereocenters. The van der Waals surface area contributed by atoms with Gasteiger partial charge in [0, 0.05) is 35.0 Å². The molecule has 0 amide bonds. The normalized spacial score (nSPS) is 18.3. The van der Waals surface area contributed by atoms with Crippen molar-refractivity contribution in [3.63, 3.8) is 0 Å². The fourth-order valence-corrected chi connectivity index (χ4v) is 5.31. The van der Waals surface area contributed by atoms with Crippen LogP contribution in [0.4, 0.5) is 0 Å². The molecule has 2 aromatic rings. The predicted octanol–water partition coefficient (Wildman–Crippen LogP) is 7.38. The van der Waals surface area contributed by atoms with E-state index >= 15 is 0 Å². The first-order valence-corrected chi connectivity index (χ1v) is 12.8. The molecule has 0 saturated carbocycles. The van der Waals surface area contributed by atoms with Crippen LogP contribution in [0.3, 0.4) is 0 Å². The maximum absolute atomic E-state index is 5.73.